The molecule has 2 fully saturated rings. The average Bonchev–Trinajstić information content (AvgIpc) is 2.80. The van der Waals surface area contributed by atoms with Crippen LogP contribution in [-0.4, -0.2) is 49.7 Å². The summed E-state index contributed by atoms with van der Waals surface area (Å²) < 4.78 is 27.6. The van der Waals surface area contributed by atoms with E-state index in [1.54, 1.807) is 12.1 Å². The highest BCUT2D eigenvalue weighted by atomic mass is 32.2. The second-order valence-electron chi connectivity index (χ2n) is 8.97. The second kappa shape index (κ2) is 9.53. The Labute approximate surface area is 186 Å². The number of sulfonamides is 1. The van der Waals surface area contributed by atoms with Crippen LogP contribution < -0.4 is 0 Å². The van der Waals surface area contributed by atoms with Crippen LogP contribution in [-0.2, 0) is 21.2 Å². The van der Waals surface area contributed by atoms with Gasteiger partial charge in [0.2, 0.25) is 15.9 Å². The fourth-order valence-corrected chi connectivity index (χ4v) is 6.31. The number of piperidine rings is 2. The Hall–Kier alpha value is -2.18. The third-order valence-electron chi connectivity index (χ3n) is 6.69. The third kappa shape index (κ3) is 5.18. The molecule has 4 rings (SSSR count). The van der Waals surface area contributed by atoms with Gasteiger partial charge in [-0.15, -0.1) is 0 Å². The zero-order valence-electron chi connectivity index (χ0n) is 18.2. The number of rotatable bonds is 5. The lowest BCUT2D eigenvalue weighted by atomic mass is 9.89. The first-order valence-corrected chi connectivity index (χ1v) is 12.8. The van der Waals surface area contributed by atoms with Gasteiger partial charge >= 0.3 is 0 Å². The van der Waals surface area contributed by atoms with Gasteiger partial charge in [0, 0.05) is 26.2 Å². The number of aryl methyl sites for hydroxylation is 1. The molecule has 166 valence electrons. The van der Waals surface area contributed by atoms with E-state index in [-0.39, 0.29) is 11.8 Å². The average molecular weight is 441 g/mol. The summed E-state index contributed by atoms with van der Waals surface area (Å²) in [4.78, 5) is 15.5. The summed E-state index contributed by atoms with van der Waals surface area (Å²) in [6, 6.07) is 17.5. The zero-order chi connectivity index (χ0) is 21.8. The highest BCUT2D eigenvalue weighted by Gasteiger charge is 2.36. The molecule has 0 aliphatic carbocycles. The van der Waals surface area contributed by atoms with E-state index in [2.05, 4.69) is 24.3 Å². The number of carbonyl (C=O) groups is 1. The number of amides is 1. The van der Waals surface area contributed by atoms with Crippen LogP contribution in [0.4, 0.5) is 0 Å². The SMILES string of the molecule is Cc1ccc(S(=O)(=O)N2CCC[C@H](C(=O)N3CCC(Cc4ccccc4)CC3)C2)cc1. The maximum absolute atomic E-state index is 13.2. The Morgan fingerprint density at radius 3 is 2.29 bits per heavy atom. The van der Waals surface area contributed by atoms with E-state index in [1.807, 2.05) is 30.0 Å². The molecule has 0 N–H and O–H groups in total. The Bertz CT molecular complexity index is 981. The van der Waals surface area contributed by atoms with Gasteiger partial charge in [-0.3, -0.25) is 4.79 Å². The maximum atomic E-state index is 13.2. The molecule has 0 saturated carbocycles. The number of nitrogens with zero attached hydrogens (tertiary/aromatic N) is 2. The number of benzene rings is 2. The van der Waals surface area contributed by atoms with Crippen LogP contribution >= 0.6 is 0 Å². The lowest BCUT2D eigenvalue weighted by Gasteiger charge is -2.37. The summed E-state index contributed by atoms with van der Waals surface area (Å²) in [6.07, 6.45) is 4.58. The predicted molar refractivity (Wildman–Crippen MR) is 122 cm³/mol. The quantitative estimate of drug-likeness (QED) is 0.709. The van der Waals surface area contributed by atoms with Gasteiger partial charge in [-0.05, 0) is 62.6 Å². The third-order valence-corrected chi connectivity index (χ3v) is 8.56. The first-order valence-electron chi connectivity index (χ1n) is 11.3. The summed E-state index contributed by atoms with van der Waals surface area (Å²) >= 11 is 0. The van der Waals surface area contributed by atoms with Crippen molar-refractivity contribution < 1.29 is 13.2 Å². The maximum Gasteiger partial charge on any atom is 0.243 e. The molecule has 2 aromatic rings. The van der Waals surface area contributed by atoms with Gasteiger partial charge in [-0.1, -0.05) is 48.0 Å². The first-order chi connectivity index (χ1) is 14.9. The number of hydrogen-bond acceptors (Lipinski definition) is 3. The Morgan fingerprint density at radius 1 is 0.935 bits per heavy atom. The molecule has 2 saturated heterocycles. The highest BCUT2D eigenvalue weighted by molar-refractivity contribution is 7.89. The van der Waals surface area contributed by atoms with E-state index in [0.29, 0.717) is 23.9 Å². The molecule has 2 aromatic carbocycles. The van der Waals surface area contributed by atoms with Crippen molar-refractivity contribution in [3.8, 4) is 0 Å². The van der Waals surface area contributed by atoms with Gasteiger partial charge in [0.25, 0.3) is 0 Å². The van der Waals surface area contributed by atoms with Crippen molar-refractivity contribution in [1.29, 1.82) is 0 Å². The van der Waals surface area contributed by atoms with E-state index in [0.717, 1.165) is 50.8 Å². The van der Waals surface area contributed by atoms with Gasteiger partial charge < -0.3 is 4.90 Å². The van der Waals surface area contributed by atoms with Crippen LogP contribution in [0.15, 0.2) is 59.5 Å². The summed E-state index contributed by atoms with van der Waals surface area (Å²) in [5, 5.41) is 0. The topological polar surface area (TPSA) is 57.7 Å². The summed E-state index contributed by atoms with van der Waals surface area (Å²) in [5.74, 6) is 0.498. The van der Waals surface area contributed by atoms with Crippen LogP contribution in [0.25, 0.3) is 0 Å². The number of likely N-dealkylation sites (tertiary alicyclic amines) is 1. The van der Waals surface area contributed by atoms with E-state index in [1.165, 1.54) is 9.87 Å². The fraction of sp³-hybridized carbons (Fsp3) is 0.480. The molecular weight excluding hydrogens is 408 g/mol. The van der Waals surface area contributed by atoms with Crippen molar-refractivity contribution in [2.45, 2.75) is 43.9 Å². The van der Waals surface area contributed by atoms with Crippen LogP contribution in [0.5, 0.6) is 0 Å². The molecule has 6 heteroatoms. The zero-order valence-corrected chi connectivity index (χ0v) is 19.1. The van der Waals surface area contributed by atoms with Gasteiger partial charge in [0.1, 0.15) is 0 Å². The smallest absolute Gasteiger partial charge is 0.243 e. The molecule has 0 unspecified atom stereocenters. The van der Waals surface area contributed by atoms with Gasteiger partial charge in [-0.25, -0.2) is 8.42 Å². The molecule has 2 aliphatic rings. The van der Waals surface area contributed by atoms with E-state index in [9.17, 15) is 13.2 Å². The number of hydrogen-bond donors (Lipinski definition) is 0. The van der Waals surface area contributed by atoms with Gasteiger partial charge in [0.15, 0.2) is 0 Å². The summed E-state index contributed by atoms with van der Waals surface area (Å²) in [5.41, 5.74) is 2.39. The number of carbonyl (C=O) groups excluding carboxylic acids is 1. The Morgan fingerprint density at radius 2 is 1.61 bits per heavy atom. The first kappa shape index (κ1) is 22.0. The van der Waals surface area contributed by atoms with Crippen LogP contribution in [0.2, 0.25) is 0 Å². The second-order valence-corrected chi connectivity index (χ2v) is 10.9. The minimum atomic E-state index is -3.56. The van der Waals surface area contributed by atoms with E-state index in [4.69, 9.17) is 0 Å². The van der Waals surface area contributed by atoms with Crippen molar-refractivity contribution in [1.82, 2.24) is 9.21 Å². The molecule has 31 heavy (non-hydrogen) atoms. The molecule has 5 nitrogen and oxygen atoms in total. The lowest BCUT2D eigenvalue weighted by Crippen LogP contribution is -2.48. The predicted octanol–water partition coefficient (Wildman–Crippen LogP) is 3.88. The molecule has 1 amide bonds. The normalized spacial score (nSPS) is 21.2. The molecule has 0 bridgehead atoms. The van der Waals surface area contributed by atoms with Gasteiger partial charge in [0.05, 0.1) is 10.8 Å². The minimum absolute atomic E-state index is 0.127. The fourth-order valence-electron chi connectivity index (χ4n) is 4.78. The van der Waals surface area contributed by atoms with Crippen molar-refractivity contribution in [2.75, 3.05) is 26.2 Å². The molecule has 1 atom stereocenters. The standard InChI is InChI=1S/C25H32N2O3S/c1-20-9-11-24(12-10-20)31(29,30)27-15-5-8-23(19-27)25(28)26-16-13-22(14-17-26)18-21-6-3-2-4-7-21/h2-4,6-7,9-12,22-23H,5,8,13-19H2,1H3/t23-/m0/s1. The van der Waals surface area contributed by atoms with Crippen molar-refractivity contribution in [3.63, 3.8) is 0 Å². The molecule has 2 heterocycles. The monoisotopic (exact) mass is 440 g/mol. The summed E-state index contributed by atoms with van der Waals surface area (Å²) in [7, 11) is -3.56. The molecule has 0 radical (unpaired) electrons. The molecular formula is C25H32N2O3S. The summed E-state index contributed by atoms with van der Waals surface area (Å²) in [6.45, 7) is 4.27. The van der Waals surface area contributed by atoms with Crippen molar-refractivity contribution in [2.24, 2.45) is 11.8 Å². The van der Waals surface area contributed by atoms with Crippen molar-refractivity contribution in [3.05, 3.63) is 65.7 Å². The molecule has 0 aromatic heterocycles. The van der Waals surface area contributed by atoms with Crippen molar-refractivity contribution >= 4 is 15.9 Å². The minimum Gasteiger partial charge on any atom is -0.342 e. The van der Waals surface area contributed by atoms with Crippen LogP contribution in [0, 0.1) is 18.8 Å². The van der Waals surface area contributed by atoms with Crippen LogP contribution in [0.1, 0.15) is 36.8 Å². The van der Waals surface area contributed by atoms with E-state index >= 15 is 0 Å². The van der Waals surface area contributed by atoms with Gasteiger partial charge in [-0.2, -0.15) is 4.31 Å². The Balaban J connectivity index is 1.34. The largest absolute Gasteiger partial charge is 0.342 e. The highest BCUT2D eigenvalue weighted by Crippen LogP contribution is 2.28. The van der Waals surface area contributed by atoms with E-state index < -0.39 is 10.0 Å². The lowest BCUT2D eigenvalue weighted by molar-refractivity contribution is -0.138. The van der Waals surface area contributed by atoms with Crippen LogP contribution in [0.3, 0.4) is 0 Å². The Kier molecular flexibility index (Phi) is 6.77. The molecule has 0 spiro atoms. The molecule has 2 aliphatic heterocycles.